The molecule has 0 rings (SSSR count). The number of thiocarbonyl (C=S) groups is 1. The molecule has 0 unspecified atom stereocenters. The summed E-state index contributed by atoms with van der Waals surface area (Å²) in [5.41, 5.74) is 0. The second kappa shape index (κ2) is 3.23. The summed E-state index contributed by atoms with van der Waals surface area (Å²) < 4.78 is 0.819. The highest BCUT2D eigenvalue weighted by Crippen LogP contribution is 1.87. The standard InChI is InChI=1S/C3H8N2S2/c1-5(2)3(6)7-4/h4H2,1-2H3/q+1/p+1. The third-order valence-corrected chi connectivity index (χ3v) is 1.82. The van der Waals surface area contributed by atoms with Crippen molar-refractivity contribution in [3.8, 4) is 0 Å². The van der Waals surface area contributed by atoms with Gasteiger partial charge in [-0.15, -0.1) is 0 Å². The van der Waals surface area contributed by atoms with Gasteiger partial charge in [-0.05, 0) is 0 Å². The molecule has 2 nitrogen and oxygen atoms in total. The largest absolute Gasteiger partial charge is 0.570 e. The molecular formula is C3H9N2S2+2. The van der Waals surface area contributed by atoms with Crippen LogP contribution in [0.5, 0.6) is 0 Å². The molecule has 0 spiro atoms. The summed E-state index contributed by atoms with van der Waals surface area (Å²) >= 11 is 6.15. The first kappa shape index (κ1) is 7.20. The Hall–Kier alpha value is 0.200. The molecule has 0 aromatic rings. The number of hydrogen-bond donors (Lipinski definition) is 1. The fourth-order valence-electron chi connectivity index (χ4n) is 0.129. The molecule has 0 aromatic carbocycles. The average molecular weight is 137 g/mol. The van der Waals surface area contributed by atoms with Crippen LogP contribution in [0.1, 0.15) is 0 Å². The van der Waals surface area contributed by atoms with E-state index in [-0.39, 0.29) is 0 Å². The quantitative estimate of drug-likeness (QED) is 0.266. The van der Waals surface area contributed by atoms with Gasteiger partial charge in [0.25, 0.3) is 0 Å². The molecule has 0 fully saturated rings. The molecule has 7 heavy (non-hydrogen) atoms. The highest BCUT2D eigenvalue weighted by Gasteiger charge is 2.12. The lowest BCUT2D eigenvalue weighted by molar-refractivity contribution is -0.133. The minimum atomic E-state index is 0.819. The Balaban J connectivity index is 3.35. The Morgan fingerprint density at radius 2 is 2.14 bits per heavy atom. The van der Waals surface area contributed by atoms with Crippen LogP contribution in [0.3, 0.4) is 0 Å². The van der Waals surface area contributed by atoms with Crippen molar-refractivity contribution in [2.75, 3.05) is 14.1 Å². The Kier molecular flexibility index (Phi) is 3.33. The van der Waals surface area contributed by atoms with Gasteiger partial charge < -0.3 is 4.90 Å². The predicted octanol–water partition coefficient (Wildman–Crippen LogP) is -0.928. The van der Waals surface area contributed by atoms with Gasteiger partial charge in [0.15, 0.2) is 11.9 Å². The van der Waals surface area contributed by atoms with E-state index in [4.69, 9.17) is 12.2 Å². The molecule has 0 saturated heterocycles. The molecule has 0 bridgehead atoms. The monoisotopic (exact) mass is 137 g/mol. The van der Waals surface area contributed by atoms with Crippen molar-refractivity contribution < 1.29 is 5.14 Å². The second-order valence-corrected chi connectivity index (χ2v) is 2.63. The highest BCUT2D eigenvalue weighted by molar-refractivity contribution is 8.14. The van der Waals surface area contributed by atoms with E-state index < -0.39 is 0 Å². The molecule has 0 heterocycles. The Morgan fingerprint density at radius 1 is 1.71 bits per heavy atom. The zero-order valence-electron chi connectivity index (χ0n) is 4.47. The lowest BCUT2D eigenvalue weighted by atomic mass is 11.0. The first-order valence-electron chi connectivity index (χ1n) is 1.81. The van der Waals surface area contributed by atoms with Gasteiger partial charge in [-0.2, -0.15) is 0 Å². The van der Waals surface area contributed by atoms with Crippen LogP contribution in [0.2, 0.25) is 0 Å². The van der Waals surface area contributed by atoms with E-state index in [1.54, 1.807) is 0 Å². The zero-order valence-corrected chi connectivity index (χ0v) is 6.10. The van der Waals surface area contributed by atoms with Crippen LogP contribution >= 0.6 is 11.9 Å². The van der Waals surface area contributed by atoms with Gasteiger partial charge in [-0.1, -0.05) is 0 Å². The lowest BCUT2D eigenvalue weighted by Gasteiger charge is -1.96. The van der Waals surface area contributed by atoms with Gasteiger partial charge in [0.1, 0.15) is 0 Å². The molecule has 0 aromatic heterocycles. The van der Waals surface area contributed by atoms with Gasteiger partial charge in [0.05, 0.1) is 0 Å². The van der Waals surface area contributed by atoms with Crippen molar-refractivity contribution in [3.63, 3.8) is 0 Å². The molecule has 3 N–H and O–H groups in total. The van der Waals surface area contributed by atoms with E-state index in [1.165, 1.54) is 11.9 Å². The SMILES string of the molecule is CN(C)C(=[S+])S[NH3+]. The van der Waals surface area contributed by atoms with Crippen molar-refractivity contribution in [1.82, 2.24) is 4.90 Å². The fourth-order valence-corrected chi connectivity index (χ4v) is 0.387. The Labute approximate surface area is 53.2 Å². The van der Waals surface area contributed by atoms with Gasteiger partial charge in [0, 0.05) is 14.1 Å². The lowest BCUT2D eigenvalue weighted by Crippen LogP contribution is -2.41. The van der Waals surface area contributed by atoms with E-state index in [9.17, 15) is 0 Å². The van der Waals surface area contributed by atoms with Crippen LogP contribution in [-0.4, -0.2) is 23.3 Å². The predicted molar refractivity (Wildman–Crippen MR) is 36.5 cm³/mol. The maximum atomic E-state index is 4.81. The van der Waals surface area contributed by atoms with E-state index in [1.807, 2.05) is 19.0 Å². The molecule has 0 saturated carbocycles. The van der Waals surface area contributed by atoms with Crippen LogP contribution in [0.15, 0.2) is 0 Å². The highest BCUT2D eigenvalue weighted by atomic mass is 32.2. The van der Waals surface area contributed by atoms with Gasteiger partial charge in [0.2, 0.25) is 0 Å². The van der Waals surface area contributed by atoms with Crippen LogP contribution in [0.4, 0.5) is 0 Å². The summed E-state index contributed by atoms with van der Waals surface area (Å²) in [6.45, 7) is 0. The van der Waals surface area contributed by atoms with E-state index in [2.05, 4.69) is 5.14 Å². The number of hydrogen-bond acceptors (Lipinski definition) is 2. The molecule has 0 aliphatic heterocycles. The molecule has 0 aliphatic carbocycles. The summed E-state index contributed by atoms with van der Waals surface area (Å²) in [6.07, 6.45) is 0. The van der Waals surface area contributed by atoms with Crippen molar-refractivity contribution in [2.45, 2.75) is 0 Å². The van der Waals surface area contributed by atoms with E-state index >= 15 is 0 Å². The molecule has 0 amide bonds. The molecular weight excluding hydrogens is 128 g/mol. The normalized spacial score (nSPS) is 8.43. The maximum Gasteiger partial charge on any atom is 0.570 e. The smallest absolute Gasteiger partial charge is 0.316 e. The second-order valence-electron chi connectivity index (χ2n) is 1.30. The minimum Gasteiger partial charge on any atom is -0.316 e. The molecule has 4 heteroatoms. The van der Waals surface area contributed by atoms with Crippen molar-refractivity contribution in [2.24, 2.45) is 0 Å². The number of nitrogens with zero attached hydrogens (tertiary/aromatic N) is 1. The summed E-state index contributed by atoms with van der Waals surface area (Å²) in [5.74, 6) is 0. The topological polar surface area (TPSA) is 30.9 Å². The van der Waals surface area contributed by atoms with Crippen LogP contribution < -0.4 is 5.14 Å². The third kappa shape index (κ3) is 2.85. The molecule has 0 aliphatic rings. The molecule has 0 atom stereocenters. The van der Waals surface area contributed by atoms with Crippen molar-refractivity contribution >= 4 is 28.5 Å². The summed E-state index contributed by atoms with van der Waals surface area (Å²) in [6, 6.07) is 0. The van der Waals surface area contributed by atoms with Gasteiger partial charge >= 0.3 is 16.5 Å². The van der Waals surface area contributed by atoms with Crippen LogP contribution in [-0.2, 0) is 12.2 Å². The first-order valence-corrected chi connectivity index (χ1v) is 3.21. The Bertz CT molecular complexity index is 71.3. The molecule has 1 radical (unpaired) electrons. The van der Waals surface area contributed by atoms with Crippen molar-refractivity contribution in [1.29, 1.82) is 0 Å². The fraction of sp³-hybridized carbons (Fsp3) is 0.667. The average Bonchev–Trinajstić information content (AvgIpc) is 1.65. The van der Waals surface area contributed by atoms with Gasteiger partial charge in [-0.25, -0.2) is 0 Å². The number of rotatable bonds is 0. The third-order valence-electron chi connectivity index (χ3n) is 0.489. The van der Waals surface area contributed by atoms with E-state index in [0.717, 1.165) is 4.32 Å². The zero-order chi connectivity index (χ0) is 5.86. The van der Waals surface area contributed by atoms with Gasteiger partial charge in [-0.3, -0.25) is 5.14 Å². The van der Waals surface area contributed by atoms with E-state index in [0.29, 0.717) is 0 Å². The summed E-state index contributed by atoms with van der Waals surface area (Å²) in [4.78, 5) is 1.85. The van der Waals surface area contributed by atoms with Crippen LogP contribution in [0, 0.1) is 0 Å². The number of quaternary nitrogens is 1. The minimum absolute atomic E-state index is 0.819. The van der Waals surface area contributed by atoms with Crippen molar-refractivity contribution in [3.05, 3.63) is 0 Å². The molecule has 41 valence electrons. The summed E-state index contributed by atoms with van der Waals surface area (Å²) in [7, 11) is 3.81. The van der Waals surface area contributed by atoms with Crippen LogP contribution in [0.25, 0.3) is 0 Å². The maximum absolute atomic E-state index is 4.81. The summed E-state index contributed by atoms with van der Waals surface area (Å²) in [5, 5.41) is 3.54. The first-order chi connectivity index (χ1) is 3.18. The Morgan fingerprint density at radius 3 is 2.14 bits per heavy atom.